The molecule has 2 rings (SSSR count). The van der Waals surface area contributed by atoms with Crippen LogP contribution in [0.1, 0.15) is 30.0 Å². The molecule has 1 aromatic rings. The number of azide groups is 1. The SMILES string of the molecule is [N-]=[N+]=NC1CCCc2c(O)cccc21. The molecule has 0 bridgehead atoms. The summed E-state index contributed by atoms with van der Waals surface area (Å²) in [5, 5.41) is 13.3. The molecule has 1 N–H and O–H groups in total. The van der Waals surface area contributed by atoms with E-state index < -0.39 is 0 Å². The normalized spacial score (nSPS) is 19.6. The lowest BCUT2D eigenvalue weighted by Gasteiger charge is -2.22. The molecule has 0 amide bonds. The van der Waals surface area contributed by atoms with E-state index in [-0.39, 0.29) is 6.04 Å². The second-order valence-corrected chi connectivity index (χ2v) is 3.46. The molecule has 1 unspecified atom stereocenters. The highest BCUT2D eigenvalue weighted by atomic mass is 16.3. The van der Waals surface area contributed by atoms with Crippen LogP contribution >= 0.6 is 0 Å². The lowest BCUT2D eigenvalue weighted by Crippen LogP contribution is -2.07. The molecule has 0 saturated carbocycles. The van der Waals surface area contributed by atoms with E-state index in [0.29, 0.717) is 5.75 Å². The fourth-order valence-electron chi connectivity index (χ4n) is 1.99. The van der Waals surface area contributed by atoms with E-state index in [0.717, 1.165) is 30.4 Å². The Morgan fingerprint density at radius 2 is 2.36 bits per heavy atom. The standard InChI is InChI=1S/C10H11N3O/c11-13-12-9-5-1-4-8-7(9)3-2-6-10(8)14/h2-3,6,9,14H,1,4-5H2. The fraction of sp³-hybridized carbons (Fsp3) is 0.400. The molecule has 0 saturated heterocycles. The molecule has 4 heteroatoms. The predicted molar refractivity (Wildman–Crippen MR) is 52.9 cm³/mol. The molecule has 1 aliphatic carbocycles. The maximum atomic E-state index is 9.61. The number of aromatic hydroxyl groups is 1. The molecule has 0 aliphatic heterocycles. The number of fused-ring (bicyclic) bond motifs is 1. The molecule has 0 radical (unpaired) electrons. The number of hydrogen-bond acceptors (Lipinski definition) is 2. The third-order valence-corrected chi connectivity index (χ3v) is 2.64. The quantitative estimate of drug-likeness (QED) is 0.411. The second kappa shape index (κ2) is 3.60. The second-order valence-electron chi connectivity index (χ2n) is 3.46. The number of benzene rings is 1. The van der Waals surface area contributed by atoms with Crippen LogP contribution in [0.3, 0.4) is 0 Å². The minimum Gasteiger partial charge on any atom is -0.508 e. The molecule has 14 heavy (non-hydrogen) atoms. The first-order valence-corrected chi connectivity index (χ1v) is 4.68. The summed E-state index contributed by atoms with van der Waals surface area (Å²) in [6, 6.07) is 5.29. The van der Waals surface area contributed by atoms with Crippen LogP contribution in [0.15, 0.2) is 23.3 Å². The van der Waals surface area contributed by atoms with Gasteiger partial charge in [-0.15, -0.1) is 0 Å². The Kier molecular flexibility index (Phi) is 2.29. The van der Waals surface area contributed by atoms with Gasteiger partial charge in [0, 0.05) is 4.91 Å². The highest BCUT2D eigenvalue weighted by Crippen LogP contribution is 2.36. The zero-order valence-corrected chi connectivity index (χ0v) is 7.72. The van der Waals surface area contributed by atoms with Crippen molar-refractivity contribution in [1.29, 1.82) is 0 Å². The van der Waals surface area contributed by atoms with E-state index in [1.165, 1.54) is 0 Å². The Balaban J connectivity index is 2.49. The zero-order chi connectivity index (χ0) is 9.97. The van der Waals surface area contributed by atoms with E-state index in [1.54, 1.807) is 12.1 Å². The molecule has 72 valence electrons. The van der Waals surface area contributed by atoms with Gasteiger partial charge in [-0.1, -0.05) is 17.2 Å². The summed E-state index contributed by atoms with van der Waals surface area (Å²) in [4.78, 5) is 2.83. The fourth-order valence-corrected chi connectivity index (χ4v) is 1.99. The first-order chi connectivity index (χ1) is 6.83. The van der Waals surface area contributed by atoms with Gasteiger partial charge in [0.15, 0.2) is 0 Å². The smallest absolute Gasteiger partial charge is 0.119 e. The first-order valence-electron chi connectivity index (χ1n) is 4.68. The number of phenolic OH excluding ortho intramolecular Hbond substituents is 1. The summed E-state index contributed by atoms with van der Waals surface area (Å²) in [5.41, 5.74) is 10.3. The first kappa shape index (κ1) is 8.91. The van der Waals surface area contributed by atoms with Gasteiger partial charge in [0.2, 0.25) is 0 Å². The van der Waals surface area contributed by atoms with E-state index >= 15 is 0 Å². The van der Waals surface area contributed by atoms with E-state index in [1.807, 2.05) is 6.07 Å². The number of rotatable bonds is 1. The average molecular weight is 189 g/mol. The van der Waals surface area contributed by atoms with Crippen molar-refractivity contribution in [3.8, 4) is 5.75 Å². The third kappa shape index (κ3) is 1.40. The van der Waals surface area contributed by atoms with Crippen LogP contribution in [0.5, 0.6) is 5.75 Å². The third-order valence-electron chi connectivity index (χ3n) is 2.64. The van der Waals surface area contributed by atoms with Crippen molar-refractivity contribution in [3.05, 3.63) is 39.8 Å². The Morgan fingerprint density at radius 1 is 1.50 bits per heavy atom. The highest BCUT2D eigenvalue weighted by Gasteiger charge is 2.20. The number of hydrogen-bond donors (Lipinski definition) is 1. The van der Waals surface area contributed by atoms with Crippen LogP contribution in [-0.4, -0.2) is 5.11 Å². The minimum absolute atomic E-state index is 0.101. The molecule has 0 heterocycles. The van der Waals surface area contributed by atoms with Gasteiger partial charge in [-0.25, -0.2) is 0 Å². The van der Waals surface area contributed by atoms with Crippen LogP contribution in [0.4, 0.5) is 0 Å². The molecule has 0 aromatic heterocycles. The summed E-state index contributed by atoms with van der Waals surface area (Å²) in [5.74, 6) is 0.320. The summed E-state index contributed by atoms with van der Waals surface area (Å²) >= 11 is 0. The van der Waals surface area contributed by atoms with Gasteiger partial charge in [0.25, 0.3) is 0 Å². The van der Waals surface area contributed by atoms with Crippen molar-refractivity contribution in [2.45, 2.75) is 25.3 Å². The molecular weight excluding hydrogens is 178 g/mol. The number of nitrogens with zero attached hydrogens (tertiary/aromatic N) is 3. The molecule has 4 nitrogen and oxygen atoms in total. The lowest BCUT2D eigenvalue weighted by molar-refractivity contribution is 0.455. The molecule has 1 aromatic carbocycles. The Bertz CT molecular complexity index is 396. The summed E-state index contributed by atoms with van der Waals surface area (Å²) in [6.07, 6.45) is 2.72. The Morgan fingerprint density at radius 3 is 3.14 bits per heavy atom. The van der Waals surface area contributed by atoms with Crippen molar-refractivity contribution in [3.63, 3.8) is 0 Å². The van der Waals surface area contributed by atoms with E-state index in [9.17, 15) is 5.11 Å². The van der Waals surface area contributed by atoms with Gasteiger partial charge in [-0.3, -0.25) is 0 Å². The van der Waals surface area contributed by atoms with Crippen LogP contribution < -0.4 is 0 Å². The maximum absolute atomic E-state index is 9.61. The van der Waals surface area contributed by atoms with E-state index in [4.69, 9.17) is 5.53 Å². The van der Waals surface area contributed by atoms with Crippen molar-refractivity contribution < 1.29 is 5.11 Å². The van der Waals surface area contributed by atoms with Gasteiger partial charge in [0.05, 0.1) is 6.04 Å². The van der Waals surface area contributed by atoms with Crippen LogP contribution in [-0.2, 0) is 6.42 Å². The number of phenols is 1. The van der Waals surface area contributed by atoms with Crippen molar-refractivity contribution in [2.24, 2.45) is 5.11 Å². The molecule has 0 fully saturated rings. The van der Waals surface area contributed by atoms with Crippen LogP contribution in [0.2, 0.25) is 0 Å². The monoisotopic (exact) mass is 189 g/mol. The van der Waals surface area contributed by atoms with Crippen molar-refractivity contribution in [1.82, 2.24) is 0 Å². The molecule has 1 aliphatic rings. The van der Waals surface area contributed by atoms with Crippen LogP contribution in [0, 0.1) is 0 Å². The highest BCUT2D eigenvalue weighted by molar-refractivity contribution is 5.42. The van der Waals surface area contributed by atoms with Gasteiger partial charge in [0.1, 0.15) is 5.75 Å². The summed E-state index contributed by atoms with van der Waals surface area (Å²) < 4.78 is 0. The predicted octanol–water partition coefficient (Wildman–Crippen LogP) is 3.08. The van der Waals surface area contributed by atoms with Crippen LogP contribution in [0.25, 0.3) is 10.4 Å². The minimum atomic E-state index is -0.101. The maximum Gasteiger partial charge on any atom is 0.119 e. The Hall–Kier alpha value is -1.67. The average Bonchev–Trinajstić information content (AvgIpc) is 2.20. The van der Waals surface area contributed by atoms with Gasteiger partial charge in [-0.05, 0) is 42.0 Å². The van der Waals surface area contributed by atoms with Crippen molar-refractivity contribution in [2.75, 3.05) is 0 Å². The van der Waals surface area contributed by atoms with Gasteiger partial charge in [-0.2, -0.15) is 0 Å². The molecule has 0 spiro atoms. The van der Waals surface area contributed by atoms with E-state index in [2.05, 4.69) is 10.0 Å². The summed E-state index contributed by atoms with van der Waals surface area (Å²) in [7, 11) is 0. The van der Waals surface area contributed by atoms with Gasteiger partial charge >= 0.3 is 0 Å². The largest absolute Gasteiger partial charge is 0.508 e. The van der Waals surface area contributed by atoms with Gasteiger partial charge < -0.3 is 5.11 Å². The topological polar surface area (TPSA) is 69.0 Å². The summed E-state index contributed by atoms with van der Waals surface area (Å²) in [6.45, 7) is 0. The molecule has 1 atom stereocenters. The Labute approximate surface area is 81.8 Å². The lowest BCUT2D eigenvalue weighted by atomic mass is 9.87. The van der Waals surface area contributed by atoms with Crippen molar-refractivity contribution >= 4 is 0 Å². The zero-order valence-electron chi connectivity index (χ0n) is 7.72. The molecular formula is C10H11N3O.